The van der Waals surface area contributed by atoms with Crippen LogP contribution in [0.5, 0.6) is 0 Å². The molecule has 0 bridgehead atoms. The van der Waals surface area contributed by atoms with E-state index in [1.54, 1.807) is 15.9 Å². The zero-order valence-corrected chi connectivity index (χ0v) is 14.1. The van der Waals surface area contributed by atoms with Gasteiger partial charge in [0.15, 0.2) is 0 Å². The predicted molar refractivity (Wildman–Crippen MR) is 90.6 cm³/mol. The number of fused-ring (bicyclic) bond motifs is 2. The highest BCUT2D eigenvalue weighted by molar-refractivity contribution is 7.16. The average molecular weight is 327 g/mol. The molecule has 23 heavy (non-hydrogen) atoms. The van der Waals surface area contributed by atoms with Crippen molar-refractivity contribution in [2.45, 2.75) is 26.9 Å². The largest absolute Gasteiger partial charge is 0.390 e. The van der Waals surface area contributed by atoms with Gasteiger partial charge in [-0.3, -0.25) is 0 Å². The van der Waals surface area contributed by atoms with Crippen LogP contribution in [0.25, 0.3) is 27.3 Å². The standard InChI is InChI=1S/C16H17N5OS/c1-4-14-19-21-13(8-22)15(18-16(21)23-14)10-5-6-12-11(7-10)17-9(2)20(12)3/h5-7,22H,4,8H2,1-3H3. The lowest BCUT2D eigenvalue weighted by Crippen LogP contribution is -1.96. The molecular weight excluding hydrogens is 310 g/mol. The summed E-state index contributed by atoms with van der Waals surface area (Å²) in [6.45, 7) is 3.96. The molecule has 0 atom stereocenters. The first kappa shape index (κ1) is 14.3. The lowest BCUT2D eigenvalue weighted by molar-refractivity contribution is 0.275. The van der Waals surface area contributed by atoms with Crippen LogP contribution in [0, 0.1) is 6.92 Å². The average Bonchev–Trinajstić information content (AvgIpc) is 3.18. The van der Waals surface area contributed by atoms with E-state index in [9.17, 15) is 5.11 Å². The Morgan fingerprint density at radius 3 is 2.83 bits per heavy atom. The summed E-state index contributed by atoms with van der Waals surface area (Å²) in [6, 6.07) is 6.09. The number of aryl methyl sites for hydroxylation is 3. The molecule has 3 heterocycles. The second-order valence-electron chi connectivity index (χ2n) is 5.53. The number of nitrogens with zero attached hydrogens (tertiary/aromatic N) is 5. The van der Waals surface area contributed by atoms with Crippen molar-refractivity contribution in [3.05, 3.63) is 34.7 Å². The van der Waals surface area contributed by atoms with E-state index in [2.05, 4.69) is 26.6 Å². The summed E-state index contributed by atoms with van der Waals surface area (Å²) in [7, 11) is 2.01. The zero-order chi connectivity index (χ0) is 16.1. The van der Waals surface area contributed by atoms with Crippen molar-refractivity contribution in [1.82, 2.24) is 24.1 Å². The van der Waals surface area contributed by atoms with Crippen LogP contribution in [0.15, 0.2) is 18.2 Å². The van der Waals surface area contributed by atoms with Crippen molar-refractivity contribution >= 4 is 27.3 Å². The van der Waals surface area contributed by atoms with Crippen LogP contribution in [0.2, 0.25) is 0 Å². The molecule has 1 aromatic carbocycles. The smallest absolute Gasteiger partial charge is 0.213 e. The number of aromatic nitrogens is 5. The van der Waals surface area contributed by atoms with Crippen LogP contribution in [-0.2, 0) is 20.1 Å². The van der Waals surface area contributed by atoms with Crippen LogP contribution in [-0.4, -0.2) is 29.3 Å². The monoisotopic (exact) mass is 327 g/mol. The van der Waals surface area contributed by atoms with E-state index in [1.165, 1.54) is 0 Å². The fraction of sp³-hybridized carbons (Fsp3) is 0.312. The molecule has 0 unspecified atom stereocenters. The Hall–Kier alpha value is -2.25. The molecule has 7 heteroatoms. The Kier molecular flexibility index (Phi) is 3.21. The van der Waals surface area contributed by atoms with Crippen LogP contribution >= 0.6 is 11.3 Å². The normalized spacial score (nSPS) is 11.8. The van der Waals surface area contributed by atoms with Gasteiger partial charge in [-0.25, -0.2) is 14.5 Å². The third kappa shape index (κ3) is 2.08. The Bertz CT molecular complexity index is 1030. The van der Waals surface area contributed by atoms with Gasteiger partial charge >= 0.3 is 0 Å². The Morgan fingerprint density at radius 1 is 1.26 bits per heavy atom. The molecule has 1 N–H and O–H groups in total. The van der Waals surface area contributed by atoms with Gasteiger partial charge in [-0.2, -0.15) is 5.10 Å². The third-order valence-electron chi connectivity index (χ3n) is 4.17. The van der Waals surface area contributed by atoms with E-state index in [4.69, 9.17) is 0 Å². The minimum Gasteiger partial charge on any atom is -0.390 e. The minimum atomic E-state index is -0.0946. The van der Waals surface area contributed by atoms with Crippen molar-refractivity contribution in [2.75, 3.05) is 0 Å². The van der Waals surface area contributed by atoms with Gasteiger partial charge in [0, 0.05) is 12.6 Å². The predicted octanol–water partition coefficient (Wildman–Crippen LogP) is 2.71. The molecule has 0 aliphatic heterocycles. The van der Waals surface area contributed by atoms with Crippen molar-refractivity contribution in [3.63, 3.8) is 0 Å². The molecule has 0 amide bonds. The first-order valence-electron chi connectivity index (χ1n) is 7.54. The summed E-state index contributed by atoms with van der Waals surface area (Å²) >= 11 is 1.56. The first-order chi connectivity index (χ1) is 11.1. The fourth-order valence-electron chi connectivity index (χ4n) is 2.81. The molecule has 3 aromatic heterocycles. The second kappa shape index (κ2) is 5.14. The summed E-state index contributed by atoms with van der Waals surface area (Å²) in [5.74, 6) is 0.972. The SMILES string of the molecule is CCc1nn2c(CO)c(-c3ccc4c(c3)nc(C)n4C)nc2s1. The summed E-state index contributed by atoms with van der Waals surface area (Å²) in [5, 5.41) is 15.3. The quantitative estimate of drug-likeness (QED) is 0.628. The summed E-state index contributed by atoms with van der Waals surface area (Å²) in [4.78, 5) is 10.1. The van der Waals surface area contributed by atoms with Gasteiger partial charge in [-0.1, -0.05) is 24.3 Å². The molecule has 6 nitrogen and oxygen atoms in total. The van der Waals surface area contributed by atoms with E-state index in [1.807, 2.05) is 32.2 Å². The number of rotatable bonds is 3. The number of hydrogen-bond donors (Lipinski definition) is 1. The van der Waals surface area contributed by atoms with E-state index >= 15 is 0 Å². The Labute approximate surface area is 137 Å². The summed E-state index contributed by atoms with van der Waals surface area (Å²) in [6.07, 6.45) is 0.868. The number of hydrogen-bond acceptors (Lipinski definition) is 5. The summed E-state index contributed by atoms with van der Waals surface area (Å²) < 4.78 is 3.82. The number of aliphatic hydroxyl groups is 1. The van der Waals surface area contributed by atoms with Crippen molar-refractivity contribution in [1.29, 1.82) is 0 Å². The van der Waals surface area contributed by atoms with Gasteiger partial charge in [0.25, 0.3) is 0 Å². The highest BCUT2D eigenvalue weighted by atomic mass is 32.1. The molecule has 0 spiro atoms. The number of imidazole rings is 2. The molecular formula is C16H17N5OS. The zero-order valence-electron chi connectivity index (χ0n) is 13.2. The molecule has 4 rings (SSSR count). The van der Waals surface area contributed by atoms with E-state index in [-0.39, 0.29) is 6.61 Å². The molecule has 4 aromatic rings. The molecule has 0 aliphatic rings. The molecule has 0 radical (unpaired) electrons. The maximum absolute atomic E-state index is 9.79. The van der Waals surface area contributed by atoms with Crippen LogP contribution < -0.4 is 0 Å². The lowest BCUT2D eigenvalue weighted by atomic mass is 10.1. The Balaban J connectivity index is 1.92. The van der Waals surface area contributed by atoms with Gasteiger partial charge in [-0.15, -0.1) is 0 Å². The minimum absolute atomic E-state index is 0.0946. The number of benzene rings is 1. The molecule has 118 valence electrons. The van der Waals surface area contributed by atoms with E-state index in [0.717, 1.165) is 50.2 Å². The van der Waals surface area contributed by atoms with Crippen molar-refractivity contribution in [2.24, 2.45) is 7.05 Å². The highest BCUT2D eigenvalue weighted by Gasteiger charge is 2.18. The van der Waals surface area contributed by atoms with Gasteiger partial charge < -0.3 is 9.67 Å². The number of aliphatic hydroxyl groups excluding tert-OH is 1. The lowest BCUT2D eigenvalue weighted by Gasteiger charge is -2.02. The maximum atomic E-state index is 9.79. The van der Waals surface area contributed by atoms with Gasteiger partial charge in [0.1, 0.15) is 10.8 Å². The summed E-state index contributed by atoms with van der Waals surface area (Å²) in [5.41, 5.74) is 4.48. The van der Waals surface area contributed by atoms with Crippen molar-refractivity contribution < 1.29 is 5.11 Å². The van der Waals surface area contributed by atoms with Crippen molar-refractivity contribution in [3.8, 4) is 11.3 Å². The second-order valence-corrected chi connectivity index (χ2v) is 6.57. The maximum Gasteiger partial charge on any atom is 0.213 e. The molecule has 0 aliphatic carbocycles. The molecule has 0 saturated heterocycles. The van der Waals surface area contributed by atoms with E-state index < -0.39 is 0 Å². The highest BCUT2D eigenvalue weighted by Crippen LogP contribution is 2.29. The first-order valence-corrected chi connectivity index (χ1v) is 8.35. The van der Waals surface area contributed by atoms with E-state index in [0.29, 0.717) is 0 Å². The molecule has 0 saturated carbocycles. The third-order valence-corrected chi connectivity index (χ3v) is 5.22. The van der Waals surface area contributed by atoms with Crippen LogP contribution in [0.1, 0.15) is 23.4 Å². The van der Waals surface area contributed by atoms with Gasteiger partial charge in [-0.05, 0) is 25.5 Å². The van der Waals surface area contributed by atoms with Crippen LogP contribution in [0.3, 0.4) is 0 Å². The Morgan fingerprint density at radius 2 is 2.09 bits per heavy atom. The topological polar surface area (TPSA) is 68.2 Å². The van der Waals surface area contributed by atoms with Crippen LogP contribution in [0.4, 0.5) is 0 Å². The fourth-order valence-corrected chi connectivity index (χ4v) is 3.67. The molecule has 0 fully saturated rings. The van der Waals surface area contributed by atoms with Gasteiger partial charge in [0.05, 0.1) is 29.0 Å². The van der Waals surface area contributed by atoms with Gasteiger partial charge in [0.2, 0.25) is 4.96 Å².